The first-order valence-corrected chi connectivity index (χ1v) is 8.77. The van der Waals surface area contributed by atoms with Crippen LogP contribution >= 0.6 is 11.3 Å². The van der Waals surface area contributed by atoms with E-state index in [4.69, 9.17) is 0 Å². The Balaban J connectivity index is 1.91. The second kappa shape index (κ2) is 5.76. The number of hydrogen-bond donors (Lipinski definition) is 0. The predicted molar refractivity (Wildman–Crippen MR) is 98.9 cm³/mol. The maximum atomic E-state index is 13.2. The highest BCUT2D eigenvalue weighted by Crippen LogP contribution is 2.29. The highest BCUT2D eigenvalue weighted by Gasteiger charge is 2.21. The summed E-state index contributed by atoms with van der Waals surface area (Å²) in [6.45, 7) is 7.30. The number of allylic oxidation sites excluding steroid dienone is 1. The molecule has 0 atom stereocenters. The molecule has 0 radical (unpaired) electrons. The van der Waals surface area contributed by atoms with Gasteiger partial charge in [0, 0.05) is 42.5 Å². The van der Waals surface area contributed by atoms with E-state index >= 15 is 0 Å². The van der Waals surface area contributed by atoms with Gasteiger partial charge in [0.05, 0.1) is 16.8 Å². The van der Waals surface area contributed by atoms with E-state index < -0.39 is 0 Å². The van der Waals surface area contributed by atoms with Gasteiger partial charge in [0.2, 0.25) is 5.78 Å². The molecule has 0 fully saturated rings. The number of aryl methyl sites for hydroxylation is 1. The number of rotatable bonds is 5. The summed E-state index contributed by atoms with van der Waals surface area (Å²) in [4.78, 5) is 18.6. The Morgan fingerprint density at radius 1 is 1.42 bits per heavy atom. The number of nitrogens with zero attached hydrogens (tertiary/aromatic N) is 3. The third kappa shape index (κ3) is 2.12. The van der Waals surface area contributed by atoms with E-state index in [1.165, 1.54) is 0 Å². The highest BCUT2D eigenvalue weighted by molar-refractivity contribution is 7.16. The zero-order valence-corrected chi connectivity index (χ0v) is 14.2. The summed E-state index contributed by atoms with van der Waals surface area (Å²) >= 11 is 1.67. The molecule has 24 heavy (non-hydrogen) atoms. The van der Waals surface area contributed by atoms with Crippen LogP contribution in [0.1, 0.15) is 23.0 Å². The van der Waals surface area contributed by atoms with Gasteiger partial charge in [0.1, 0.15) is 4.83 Å². The molecule has 5 heteroatoms. The summed E-state index contributed by atoms with van der Waals surface area (Å²) in [5.74, 6) is 0.0427. The molecule has 4 rings (SSSR count). The van der Waals surface area contributed by atoms with Crippen LogP contribution in [-0.4, -0.2) is 19.9 Å². The summed E-state index contributed by atoms with van der Waals surface area (Å²) in [5, 5.41) is 4.07. The summed E-state index contributed by atoms with van der Waals surface area (Å²) in [6.07, 6.45) is 7.26. The van der Waals surface area contributed by atoms with E-state index in [2.05, 4.69) is 34.5 Å². The number of thiophene rings is 1. The van der Waals surface area contributed by atoms with Crippen molar-refractivity contribution >= 4 is 38.2 Å². The van der Waals surface area contributed by atoms with Crippen LogP contribution in [0.25, 0.3) is 21.1 Å². The van der Waals surface area contributed by atoms with Crippen LogP contribution in [0.5, 0.6) is 0 Å². The molecule has 0 saturated carbocycles. The SMILES string of the molecule is C=CCn1cc(C(=O)c2cc3ccsc3n2CC)c2cnccc21. The first-order chi connectivity index (χ1) is 11.7. The van der Waals surface area contributed by atoms with Crippen LogP contribution in [0.2, 0.25) is 0 Å². The van der Waals surface area contributed by atoms with Gasteiger partial charge < -0.3 is 9.13 Å². The van der Waals surface area contributed by atoms with Crippen molar-refractivity contribution in [1.29, 1.82) is 0 Å². The van der Waals surface area contributed by atoms with Crippen molar-refractivity contribution in [2.45, 2.75) is 20.0 Å². The van der Waals surface area contributed by atoms with Crippen molar-refractivity contribution in [1.82, 2.24) is 14.1 Å². The largest absolute Gasteiger partial charge is 0.343 e. The van der Waals surface area contributed by atoms with Gasteiger partial charge in [0.15, 0.2) is 0 Å². The van der Waals surface area contributed by atoms with E-state index in [1.807, 2.05) is 29.0 Å². The Morgan fingerprint density at radius 3 is 3.08 bits per heavy atom. The molecule has 0 aliphatic heterocycles. The number of carbonyl (C=O) groups excluding carboxylic acids is 1. The van der Waals surface area contributed by atoms with Crippen molar-refractivity contribution in [2.24, 2.45) is 0 Å². The Labute approximate surface area is 143 Å². The van der Waals surface area contributed by atoms with Crippen LogP contribution in [0.15, 0.2) is 54.8 Å². The minimum absolute atomic E-state index is 0.0427. The highest BCUT2D eigenvalue weighted by atomic mass is 32.1. The average molecular weight is 335 g/mol. The van der Waals surface area contributed by atoms with Gasteiger partial charge in [-0.3, -0.25) is 9.78 Å². The fraction of sp³-hybridized carbons (Fsp3) is 0.158. The van der Waals surface area contributed by atoms with Gasteiger partial charge in [-0.15, -0.1) is 17.9 Å². The number of aromatic nitrogens is 3. The minimum Gasteiger partial charge on any atom is -0.343 e. The van der Waals surface area contributed by atoms with Crippen LogP contribution in [0.3, 0.4) is 0 Å². The van der Waals surface area contributed by atoms with Gasteiger partial charge in [-0.25, -0.2) is 0 Å². The Hall–Kier alpha value is -2.66. The summed E-state index contributed by atoms with van der Waals surface area (Å²) in [5.41, 5.74) is 2.44. The Bertz CT molecular complexity index is 1070. The van der Waals surface area contributed by atoms with Crippen molar-refractivity contribution in [3.63, 3.8) is 0 Å². The molecule has 0 unspecified atom stereocenters. The predicted octanol–water partition coefficient (Wildman–Crippen LogP) is 4.49. The fourth-order valence-corrected chi connectivity index (χ4v) is 4.19. The maximum absolute atomic E-state index is 13.2. The fourth-order valence-electron chi connectivity index (χ4n) is 3.23. The molecule has 0 aliphatic carbocycles. The van der Waals surface area contributed by atoms with Crippen molar-refractivity contribution in [3.8, 4) is 0 Å². The number of pyridine rings is 1. The van der Waals surface area contributed by atoms with Gasteiger partial charge in [-0.2, -0.15) is 0 Å². The van der Waals surface area contributed by atoms with Crippen molar-refractivity contribution < 1.29 is 4.79 Å². The molecule has 4 heterocycles. The lowest BCUT2D eigenvalue weighted by Crippen LogP contribution is -2.08. The zero-order chi connectivity index (χ0) is 16.7. The number of ketones is 1. The van der Waals surface area contributed by atoms with Crippen molar-refractivity contribution in [2.75, 3.05) is 0 Å². The molecule has 0 aliphatic rings. The molecule has 0 N–H and O–H groups in total. The molecular weight excluding hydrogens is 318 g/mol. The smallest absolute Gasteiger partial charge is 0.211 e. The van der Waals surface area contributed by atoms with Crippen LogP contribution < -0.4 is 0 Å². The van der Waals surface area contributed by atoms with Gasteiger partial charge >= 0.3 is 0 Å². The molecule has 120 valence electrons. The minimum atomic E-state index is 0.0427. The second-order valence-electron chi connectivity index (χ2n) is 5.66. The molecule has 0 saturated heterocycles. The Kier molecular flexibility index (Phi) is 3.58. The lowest BCUT2D eigenvalue weighted by molar-refractivity contribution is 0.103. The van der Waals surface area contributed by atoms with Crippen molar-refractivity contribution in [3.05, 3.63) is 66.1 Å². The second-order valence-corrected chi connectivity index (χ2v) is 6.56. The third-order valence-electron chi connectivity index (χ3n) is 4.30. The number of hydrogen-bond acceptors (Lipinski definition) is 3. The summed E-state index contributed by atoms with van der Waals surface area (Å²) < 4.78 is 4.13. The first-order valence-electron chi connectivity index (χ1n) is 7.89. The van der Waals surface area contributed by atoms with Gasteiger partial charge in [0.25, 0.3) is 0 Å². The molecular formula is C19H17N3OS. The molecule has 4 aromatic rings. The van der Waals surface area contributed by atoms with E-state index in [-0.39, 0.29) is 5.78 Å². The van der Waals surface area contributed by atoms with Crippen LogP contribution in [0, 0.1) is 0 Å². The van der Waals surface area contributed by atoms with Gasteiger partial charge in [-0.05, 0) is 30.5 Å². The number of fused-ring (bicyclic) bond motifs is 2. The first kappa shape index (κ1) is 14.9. The lowest BCUT2D eigenvalue weighted by Gasteiger charge is -2.05. The maximum Gasteiger partial charge on any atom is 0.211 e. The van der Waals surface area contributed by atoms with Crippen LogP contribution in [0.4, 0.5) is 0 Å². The monoisotopic (exact) mass is 335 g/mol. The topological polar surface area (TPSA) is 39.8 Å². The van der Waals surface area contributed by atoms with E-state index in [1.54, 1.807) is 23.7 Å². The van der Waals surface area contributed by atoms with E-state index in [0.717, 1.165) is 33.4 Å². The average Bonchev–Trinajstić information content (AvgIpc) is 3.27. The van der Waals surface area contributed by atoms with E-state index in [0.29, 0.717) is 12.1 Å². The lowest BCUT2D eigenvalue weighted by atomic mass is 10.1. The third-order valence-corrected chi connectivity index (χ3v) is 5.26. The quantitative estimate of drug-likeness (QED) is 0.398. The molecule has 0 amide bonds. The van der Waals surface area contributed by atoms with Gasteiger partial charge in [-0.1, -0.05) is 6.08 Å². The van der Waals surface area contributed by atoms with Crippen LogP contribution in [-0.2, 0) is 13.1 Å². The molecule has 0 aromatic carbocycles. The zero-order valence-electron chi connectivity index (χ0n) is 13.4. The standard InChI is InChI=1S/C19H17N3OS/c1-3-8-21-12-15(14-11-20-7-5-16(14)21)18(23)17-10-13-6-9-24-19(13)22(17)4-2/h3,5-7,9-12H,1,4,8H2,2H3. The molecule has 4 nitrogen and oxygen atoms in total. The summed E-state index contributed by atoms with van der Waals surface area (Å²) in [7, 11) is 0. The number of carbonyl (C=O) groups is 1. The van der Waals surface area contributed by atoms with E-state index in [9.17, 15) is 4.79 Å². The summed E-state index contributed by atoms with van der Waals surface area (Å²) in [6, 6.07) is 5.99. The molecule has 0 spiro atoms. The Morgan fingerprint density at radius 2 is 2.29 bits per heavy atom. The molecule has 4 aromatic heterocycles. The molecule has 0 bridgehead atoms. The normalized spacial score (nSPS) is 11.4.